The molecule has 2 heterocycles. The van der Waals surface area contributed by atoms with Crippen molar-refractivity contribution in [2.45, 2.75) is 39.0 Å². The van der Waals surface area contributed by atoms with Crippen LogP contribution in [0.15, 0.2) is 51.8 Å². The van der Waals surface area contributed by atoms with Gasteiger partial charge in [-0.1, -0.05) is 13.0 Å². The third-order valence-electron chi connectivity index (χ3n) is 10.1. The summed E-state index contributed by atoms with van der Waals surface area (Å²) in [5.74, 6) is -1.34. The van der Waals surface area contributed by atoms with Gasteiger partial charge in [-0.05, 0) is 37.5 Å². The number of allylic oxidation sites excluding steroid dienone is 1. The minimum Gasteiger partial charge on any atom is -0.492 e. The SMILES string of the molecule is C=C(Cc1c(C)c2ccc(N)cc2oc1=O)N(CCCCCC(=O)On1c(O)ccc1O)CCOCCOCCOCCOCCOCCOCCOCCOCCOCCOCCOCCOC. The highest BCUT2D eigenvalue weighted by atomic mass is 16.7. The lowest BCUT2D eigenvalue weighted by atomic mass is 10.0. The first kappa shape index (κ1) is 59.0. The lowest BCUT2D eigenvalue weighted by Crippen LogP contribution is -2.30. The average Bonchev–Trinajstić information content (AvgIpc) is 3.65. The molecule has 3 aromatic rings. The standard InChI is InChI=1S/C48H77N3O18/c1-39(37-43-40(2)42-9-8-41(49)38-44(42)68-48(43)55)50(12-6-4-5-7-47(54)69-51-45(52)10-11-46(51)53)13-14-57-17-18-59-21-22-61-25-26-63-29-30-65-33-34-67-36-35-66-32-31-64-28-27-62-24-23-60-20-19-58-16-15-56-3/h8-11,38,52-53H,1,4-7,12-37,49H2,2-3H3. The van der Waals surface area contributed by atoms with E-state index >= 15 is 0 Å². The third-order valence-corrected chi connectivity index (χ3v) is 10.1. The number of hydrogen-bond acceptors (Lipinski definition) is 20. The molecule has 69 heavy (non-hydrogen) atoms. The Morgan fingerprint density at radius 3 is 1.46 bits per heavy atom. The molecule has 0 atom stereocenters. The lowest BCUT2D eigenvalue weighted by molar-refractivity contribution is -0.145. The predicted octanol–water partition coefficient (Wildman–Crippen LogP) is 3.30. The van der Waals surface area contributed by atoms with Gasteiger partial charge in [-0.3, -0.25) is 0 Å². The Bertz CT molecular complexity index is 1840. The maximum Gasteiger partial charge on any atom is 0.340 e. The molecule has 0 saturated heterocycles. The van der Waals surface area contributed by atoms with Gasteiger partial charge in [0.2, 0.25) is 11.8 Å². The van der Waals surface area contributed by atoms with Crippen molar-refractivity contribution in [3.8, 4) is 11.8 Å². The zero-order valence-corrected chi connectivity index (χ0v) is 40.7. The fourth-order valence-corrected chi connectivity index (χ4v) is 6.37. The van der Waals surface area contributed by atoms with Crippen molar-refractivity contribution < 1.29 is 81.1 Å². The molecule has 3 rings (SSSR count). The number of aromatic hydroxyl groups is 2. The zero-order valence-electron chi connectivity index (χ0n) is 40.7. The number of fused-ring (bicyclic) bond motifs is 1. The number of benzene rings is 1. The number of aryl methyl sites for hydroxylation is 1. The number of rotatable bonds is 46. The van der Waals surface area contributed by atoms with Crippen LogP contribution in [-0.2, 0) is 68.1 Å². The van der Waals surface area contributed by atoms with Crippen molar-refractivity contribution in [2.24, 2.45) is 0 Å². The van der Waals surface area contributed by atoms with Gasteiger partial charge in [0.1, 0.15) is 5.58 Å². The molecule has 21 heteroatoms. The molecule has 4 N–H and O–H groups in total. The molecule has 21 nitrogen and oxygen atoms in total. The minimum absolute atomic E-state index is 0.0938. The second kappa shape index (κ2) is 38.4. The first-order valence-electron chi connectivity index (χ1n) is 23.6. The molecule has 0 unspecified atom stereocenters. The summed E-state index contributed by atoms with van der Waals surface area (Å²) in [6.45, 7) is 18.2. The topological polar surface area (TPSA) is 242 Å². The number of carbonyl (C=O) groups excluding carboxylic acids is 1. The summed E-state index contributed by atoms with van der Waals surface area (Å²) in [6.07, 6.45) is 2.31. The number of carbonyl (C=O) groups is 1. The highest BCUT2D eigenvalue weighted by molar-refractivity contribution is 5.83. The van der Waals surface area contributed by atoms with E-state index in [0.717, 1.165) is 16.6 Å². The summed E-state index contributed by atoms with van der Waals surface area (Å²) in [5.41, 5.74) is 8.45. The Hall–Kier alpha value is -4.36. The number of nitrogen functional groups attached to an aromatic ring is 1. The Kier molecular flexibility index (Phi) is 32.8. The van der Waals surface area contributed by atoms with Gasteiger partial charge in [-0.15, -0.1) is 4.73 Å². The van der Waals surface area contributed by atoms with E-state index in [9.17, 15) is 19.8 Å². The molecule has 1 aromatic carbocycles. The van der Waals surface area contributed by atoms with Crippen molar-refractivity contribution in [1.82, 2.24) is 9.63 Å². The quantitative estimate of drug-likeness (QED) is 0.0418. The van der Waals surface area contributed by atoms with Gasteiger partial charge in [0, 0.05) is 73.6 Å². The fraction of sp³-hybridized carbons (Fsp3) is 0.667. The van der Waals surface area contributed by atoms with Gasteiger partial charge in [0.15, 0.2) is 0 Å². The molecular formula is C48H77N3O18. The number of ether oxygens (including phenoxy) is 12. The van der Waals surface area contributed by atoms with Crippen LogP contribution in [0.3, 0.4) is 0 Å². The van der Waals surface area contributed by atoms with Crippen molar-refractivity contribution in [1.29, 1.82) is 0 Å². The van der Waals surface area contributed by atoms with Gasteiger partial charge in [0.05, 0.1) is 152 Å². The van der Waals surface area contributed by atoms with Crippen molar-refractivity contribution >= 4 is 22.6 Å². The normalized spacial score (nSPS) is 11.5. The summed E-state index contributed by atoms with van der Waals surface area (Å²) >= 11 is 0. The maximum absolute atomic E-state index is 13.0. The molecule has 0 spiro atoms. The number of aromatic nitrogens is 1. The summed E-state index contributed by atoms with van der Waals surface area (Å²) in [7, 11) is 1.64. The van der Waals surface area contributed by atoms with E-state index in [-0.39, 0.29) is 24.6 Å². The van der Waals surface area contributed by atoms with Gasteiger partial charge in [0.25, 0.3) is 0 Å². The molecule has 0 aliphatic heterocycles. The Balaban J connectivity index is 1.14. The molecule has 0 radical (unpaired) electrons. The number of nitrogens with two attached hydrogens (primary N) is 1. The van der Waals surface area contributed by atoms with E-state index < -0.39 is 11.6 Å². The van der Waals surface area contributed by atoms with E-state index in [4.69, 9.17) is 71.8 Å². The molecule has 0 bridgehead atoms. The van der Waals surface area contributed by atoms with Crippen LogP contribution in [0.2, 0.25) is 0 Å². The van der Waals surface area contributed by atoms with E-state index in [1.807, 2.05) is 13.0 Å². The zero-order chi connectivity index (χ0) is 49.6. The van der Waals surface area contributed by atoms with Crippen LogP contribution >= 0.6 is 0 Å². The van der Waals surface area contributed by atoms with E-state index in [1.54, 1.807) is 19.2 Å². The first-order valence-corrected chi connectivity index (χ1v) is 23.6. The van der Waals surface area contributed by atoms with Crippen LogP contribution in [0, 0.1) is 6.92 Å². The fourth-order valence-electron chi connectivity index (χ4n) is 6.37. The molecular weight excluding hydrogens is 907 g/mol. The Labute approximate surface area is 405 Å². The van der Waals surface area contributed by atoms with Gasteiger partial charge in [-0.2, -0.15) is 0 Å². The van der Waals surface area contributed by atoms with Crippen LogP contribution in [0.4, 0.5) is 5.69 Å². The molecule has 0 aliphatic carbocycles. The molecule has 0 saturated carbocycles. The van der Waals surface area contributed by atoms with E-state index in [1.165, 1.54) is 12.1 Å². The van der Waals surface area contributed by atoms with Crippen LogP contribution < -0.4 is 16.2 Å². The Morgan fingerprint density at radius 1 is 0.609 bits per heavy atom. The molecule has 2 aromatic heterocycles. The maximum atomic E-state index is 13.0. The third kappa shape index (κ3) is 27.0. The largest absolute Gasteiger partial charge is 0.492 e. The number of anilines is 1. The Morgan fingerprint density at radius 2 is 1.03 bits per heavy atom. The van der Waals surface area contributed by atoms with Crippen LogP contribution in [-0.4, -0.2) is 198 Å². The van der Waals surface area contributed by atoms with Crippen LogP contribution in [0.1, 0.15) is 36.8 Å². The van der Waals surface area contributed by atoms with Crippen LogP contribution in [0.25, 0.3) is 11.0 Å². The predicted molar refractivity (Wildman–Crippen MR) is 255 cm³/mol. The smallest absolute Gasteiger partial charge is 0.340 e. The molecule has 0 aliphatic rings. The van der Waals surface area contributed by atoms with Gasteiger partial charge >= 0.3 is 11.6 Å². The second-order valence-electron chi connectivity index (χ2n) is 15.3. The summed E-state index contributed by atoms with van der Waals surface area (Å²) < 4.78 is 72.1. The molecule has 0 fully saturated rings. The highest BCUT2D eigenvalue weighted by Gasteiger charge is 2.17. The minimum atomic E-state index is -0.586. The van der Waals surface area contributed by atoms with Crippen LogP contribution in [0.5, 0.6) is 11.8 Å². The number of hydrogen-bond donors (Lipinski definition) is 3. The first-order chi connectivity index (χ1) is 33.7. The number of unbranched alkanes of at least 4 members (excludes halogenated alkanes) is 2. The van der Waals surface area contributed by atoms with Gasteiger partial charge in [-0.25, -0.2) is 9.59 Å². The molecule has 392 valence electrons. The second-order valence-corrected chi connectivity index (χ2v) is 15.3. The van der Waals surface area contributed by atoms with E-state index in [2.05, 4.69) is 11.5 Å². The van der Waals surface area contributed by atoms with Crippen molar-refractivity contribution in [3.05, 3.63) is 64.2 Å². The van der Waals surface area contributed by atoms with Crippen molar-refractivity contribution in [3.63, 3.8) is 0 Å². The number of nitrogens with zero attached hydrogens (tertiary/aromatic N) is 2. The van der Waals surface area contributed by atoms with Gasteiger partial charge < -0.3 is 86.9 Å². The summed E-state index contributed by atoms with van der Waals surface area (Å²) in [5, 5.41) is 20.2. The summed E-state index contributed by atoms with van der Waals surface area (Å²) in [4.78, 5) is 32.4. The highest BCUT2D eigenvalue weighted by Crippen LogP contribution is 2.24. The summed E-state index contributed by atoms with van der Waals surface area (Å²) in [6, 6.07) is 7.69. The average molecular weight is 984 g/mol. The van der Waals surface area contributed by atoms with E-state index in [0.29, 0.717) is 206 Å². The molecule has 0 amide bonds. The number of methoxy groups -OCH3 is 1. The van der Waals surface area contributed by atoms with Crippen molar-refractivity contribution in [2.75, 3.05) is 178 Å². The lowest BCUT2D eigenvalue weighted by Gasteiger charge is -2.27. The monoisotopic (exact) mass is 984 g/mol.